The summed E-state index contributed by atoms with van der Waals surface area (Å²) in [6.07, 6.45) is 10.6. The highest BCUT2D eigenvalue weighted by molar-refractivity contribution is 8.00. The van der Waals surface area contributed by atoms with Crippen molar-refractivity contribution >= 4 is 23.7 Å². The summed E-state index contributed by atoms with van der Waals surface area (Å²) in [5, 5.41) is 6.57. The van der Waals surface area contributed by atoms with Gasteiger partial charge in [-0.25, -0.2) is 4.79 Å². The van der Waals surface area contributed by atoms with Gasteiger partial charge < -0.3 is 15.5 Å². The van der Waals surface area contributed by atoms with E-state index >= 15 is 0 Å². The first-order valence-corrected chi connectivity index (χ1v) is 11.7. The highest BCUT2D eigenvalue weighted by atomic mass is 32.2. The Hall–Kier alpha value is -0.910. The molecule has 4 heterocycles. The molecule has 26 heavy (non-hydrogen) atoms. The van der Waals surface area contributed by atoms with Crippen LogP contribution in [0, 0.1) is 17.8 Å². The molecule has 2 aliphatic carbocycles. The normalized spacial score (nSPS) is 43.2. The van der Waals surface area contributed by atoms with Crippen molar-refractivity contribution in [3.63, 3.8) is 0 Å². The molecule has 0 aromatic rings. The molecule has 6 aliphatic rings. The number of hydrogen-bond donors (Lipinski definition) is 2. The standard InChI is InChI=1S/C20H31N3O2S/c24-18(23-10-14-6-12-5-13(7-14)9-15(23)8-12)4-2-1-3-17-19-16(11-26-17)21-20(25)22-19/h12-17,19H,1-11H2,(H2,21,22,25)/t12-,13+,14?,15?,16-,17+,19-/m1/s1. The van der Waals surface area contributed by atoms with Crippen LogP contribution < -0.4 is 10.6 Å². The minimum Gasteiger partial charge on any atom is -0.339 e. The summed E-state index contributed by atoms with van der Waals surface area (Å²) in [6, 6.07) is 1.14. The van der Waals surface area contributed by atoms with E-state index < -0.39 is 0 Å². The summed E-state index contributed by atoms with van der Waals surface area (Å²) >= 11 is 1.97. The van der Waals surface area contributed by atoms with E-state index in [1.54, 1.807) is 0 Å². The van der Waals surface area contributed by atoms with Gasteiger partial charge in [-0.05, 0) is 62.7 Å². The van der Waals surface area contributed by atoms with Crippen molar-refractivity contribution in [2.24, 2.45) is 17.8 Å². The lowest BCUT2D eigenvalue weighted by molar-refractivity contribution is -0.134. The van der Waals surface area contributed by atoms with E-state index in [2.05, 4.69) is 15.5 Å². The molecule has 5 nitrogen and oxygen atoms in total. The number of unbranched alkanes of at least 4 members (excludes halogenated alkanes) is 1. The Morgan fingerprint density at radius 2 is 1.81 bits per heavy atom. The highest BCUT2D eigenvalue weighted by Crippen LogP contribution is 2.47. The van der Waals surface area contributed by atoms with Crippen LogP contribution in [0.15, 0.2) is 0 Å². The molecule has 4 saturated heterocycles. The molecule has 0 aromatic heterocycles. The van der Waals surface area contributed by atoms with E-state index in [9.17, 15) is 9.59 Å². The molecule has 4 bridgehead atoms. The first kappa shape index (κ1) is 17.2. The fourth-order valence-electron chi connectivity index (χ4n) is 6.50. The zero-order chi connectivity index (χ0) is 17.7. The fraction of sp³-hybridized carbons (Fsp3) is 0.900. The van der Waals surface area contributed by atoms with E-state index in [1.165, 1.54) is 32.1 Å². The van der Waals surface area contributed by atoms with E-state index in [1.807, 2.05) is 11.8 Å². The number of nitrogens with zero attached hydrogens (tertiary/aromatic N) is 1. The molecule has 2 unspecified atom stereocenters. The van der Waals surface area contributed by atoms with E-state index in [4.69, 9.17) is 0 Å². The van der Waals surface area contributed by atoms with Crippen molar-refractivity contribution in [2.45, 2.75) is 81.2 Å². The lowest BCUT2D eigenvalue weighted by atomic mass is 9.68. The summed E-state index contributed by atoms with van der Waals surface area (Å²) in [5.74, 6) is 4.01. The molecule has 2 saturated carbocycles. The van der Waals surface area contributed by atoms with Crippen LogP contribution in [0.2, 0.25) is 0 Å². The zero-order valence-electron chi connectivity index (χ0n) is 15.5. The van der Waals surface area contributed by atoms with Gasteiger partial charge in [0, 0.05) is 30.0 Å². The maximum Gasteiger partial charge on any atom is 0.315 e. The Kier molecular flexibility index (Phi) is 4.58. The predicted octanol–water partition coefficient (Wildman–Crippen LogP) is 2.75. The average molecular weight is 378 g/mol. The third-order valence-corrected chi connectivity index (χ3v) is 9.00. The highest BCUT2D eigenvalue weighted by Gasteiger charge is 2.44. The Bertz CT molecular complexity index is 571. The molecule has 4 aliphatic heterocycles. The number of amides is 3. The predicted molar refractivity (Wildman–Crippen MR) is 103 cm³/mol. The van der Waals surface area contributed by atoms with Gasteiger partial charge in [0.15, 0.2) is 0 Å². The third kappa shape index (κ3) is 3.23. The summed E-state index contributed by atoms with van der Waals surface area (Å²) in [5.41, 5.74) is 0. The Balaban J connectivity index is 1.09. The molecule has 3 amide bonds. The Morgan fingerprint density at radius 1 is 1.04 bits per heavy atom. The smallest absolute Gasteiger partial charge is 0.315 e. The molecule has 6 fully saturated rings. The topological polar surface area (TPSA) is 61.4 Å². The van der Waals surface area contributed by atoms with Gasteiger partial charge in [-0.1, -0.05) is 6.42 Å². The Labute approximate surface area is 160 Å². The van der Waals surface area contributed by atoms with Crippen LogP contribution in [0.4, 0.5) is 4.79 Å². The van der Waals surface area contributed by atoms with Crippen LogP contribution in [0.25, 0.3) is 0 Å². The van der Waals surface area contributed by atoms with Gasteiger partial charge in [0.25, 0.3) is 0 Å². The molecule has 144 valence electrons. The number of urea groups is 1. The van der Waals surface area contributed by atoms with Crippen LogP contribution in [0.3, 0.4) is 0 Å². The number of carbonyl (C=O) groups excluding carboxylic acids is 2. The Morgan fingerprint density at radius 3 is 2.62 bits per heavy atom. The fourth-order valence-corrected chi connectivity index (χ4v) is 8.04. The molecular formula is C20H31N3O2S. The molecule has 7 atom stereocenters. The lowest BCUT2D eigenvalue weighted by Gasteiger charge is -2.39. The van der Waals surface area contributed by atoms with Gasteiger partial charge in [0.05, 0.1) is 12.1 Å². The van der Waals surface area contributed by atoms with Crippen molar-refractivity contribution in [2.75, 3.05) is 12.3 Å². The number of nitrogens with one attached hydrogen (secondary N) is 2. The second-order valence-electron chi connectivity index (χ2n) is 9.34. The van der Waals surface area contributed by atoms with Crippen molar-refractivity contribution in [3.8, 4) is 0 Å². The molecule has 6 rings (SSSR count). The summed E-state index contributed by atoms with van der Waals surface area (Å²) in [4.78, 5) is 26.6. The van der Waals surface area contributed by atoms with Crippen LogP contribution in [0.5, 0.6) is 0 Å². The van der Waals surface area contributed by atoms with Crippen LogP contribution in [0.1, 0.15) is 57.8 Å². The second-order valence-corrected chi connectivity index (χ2v) is 10.6. The van der Waals surface area contributed by atoms with E-state index in [0.717, 1.165) is 49.3 Å². The molecule has 0 aromatic carbocycles. The number of hydrogen-bond acceptors (Lipinski definition) is 3. The third-order valence-electron chi connectivity index (χ3n) is 7.49. The van der Waals surface area contributed by atoms with Gasteiger partial charge in [0.2, 0.25) is 5.91 Å². The maximum absolute atomic E-state index is 12.9. The lowest BCUT2D eigenvalue weighted by Crippen LogP contribution is -2.42. The summed E-state index contributed by atoms with van der Waals surface area (Å²) in [6.45, 7) is 1.04. The van der Waals surface area contributed by atoms with Gasteiger partial charge in [-0.3, -0.25) is 4.79 Å². The SMILES string of the molecule is O=C1N[C@H]2[C@H](CCCCC(=O)N3CC4C[C@@H]5CC3C[C@H](C4)C5)SC[C@H]2N1. The monoisotopic (exact) mass is 377 g/mol. The number of thioether (sulfide) groups is 1. The van der Waals surface area contributed by atoms with Crippen molar-refractivity contribution in [1.82, 2.24) is 15.5 Å². The van der Waals surface area contributed by atoms with Gasteiger partial charge >= 0.3 is 6.03 Å². The number of rotatable bonds is 5. The average Bonchev–Trinajstić information content (AvgIpc) is 3.07. The number of fused-ring (bicyclic) bond motifs is 2. The van der Waals surface area contributed by atoms with E-state index in [-0.39, 0.29) is 6.03 Å². The first-order valence-electron chi connectivity index (χ1n) is 10.6. The minimum atomic E-state index is -0.00851. The first-order chi connectivity index (χ1) is 12.7. The van der Waals surface area contributed by atoms with Gasteiger partial charge in [0.1, 0.15) is 0 Å². The van der Waals surface area contributed by atoms with Crippen LogP contribution in [-0.2, 0) is 4.79 Å². The second kappa shape index (κ2) is 6.92. The molecular weight excluding hydrogens is 346 g/mol. The van der Waals surface area contributed by atoms with Gasteiger partial charge in [-0.2, -0.15) is 11.8 Å². The summed E-state index contributed by atoms with van der Waals surface area (Å²) in [7, 11) is 0. The van der Waals surface area contributed by atoms with Crippen molar-refractivity contribution < 1.29 is 9.59 Å². The van der Waals surface area contributed by atoms with Crippen LogP contribution >= 0.6 is 11.8 Å². The maximum atomic E-state index is 12.9. The van der Waals surface area contributed by atoms with Crippen molar-refractivity contribution in [3.05, 3.63) is 0 Å². The van der Waals surface area contributed by atoms with Gasteiger partial charge in [-0.15, -0.1) is 0 Å². The van der Waals surface area contributed by atoms with Crippen molar-refractivity contribution in [1.29, 1.82) is 0 Å². The molecule has 0 spiro atoms. The van der Waals surface area contributed by atoms with E-state index in [0.29, 0.717) is 35.7 Å². The largest absolute Gasteiger partial charge is 0.339 e. The molecule has 0 radical (unpaired) electrons. The minimum absolute atomic E-state index is 0.00851. The number of carbonyl (C=O) groups is 2. The molecule has 2 N–H and O–H groups in total. The quantitative estimate of drug-likeness (QED) is 0.572. The molecule has 6 heteroatoms. The zero-order valence-corrected chi connectivity index (χ0v) is 16.3. The van der Waals surface area contributed by atoms with Crippen LogP contribution in [-0.4, -0.2) is 52.5 Å². The summed E-state index contributed by atoms with van der Waals surface area (Å²) < 4.78 is 0.